The fourth-order valence-electron chi connectivity index (χ4n) is 3.83. The number of rotatable bonds is 8. The number of nitrogens with zero attached hydrogens (tertiary/aromatic N) is 1. The lowest BCUT2D eigenvalue weighted by molar-refractivity contribution is 0.0600. The maximum Gasteiger partial charge on any atom is 0.337 e. The van der Waals surface area contributed by atoms with Crippen molar-refractivity contribution in [2.45, 2.75) is 58.7 Å². The van der Waals surface area contributed by atoms with Crippen LogP contribution in [0.3, 0.4) is 0 Å². The topological polar surface area (TPSA) is 49.8 Å². The number of aryl methyl sites for hydroxylation is 1. The summed E-state index contributed by atoms with van der Waals surface area (Å²) in [5.74, 6) is 0.0113. The Kier molecular flexibility index (Phi) is 7.43. The quantitative estimate of drug-likeness (QED) is 0.667. The van der Waals surface area contributed by atoms with Gasteiger partial charge in [-0.05, 0) is 64.3 Å². The van der Waals surface area contributed by atoms with E-state index in [1.165, 1.54) is 7.11 Å². The number of hydrogen-bond acceptors (Lipinski definition) is 4. The molecule has 0 radical (unpaired) electrons. The first-order valence-corrected chi connectivity index (χ1v) is 9.57. The Labute approximate surface area is 162 Å². The molecule has 0 saturated carbocycles. The molecule has 0 saturated heterocycles. The third-order valence-corrected chi connectivity index (χ3v) is 4.90. The third kappa shape index (κ3) is 5.33. The van der Waals surface area contributed by atoms with E-state index in [-0.39, 0.29) is 12.0 Å². The lowest BCUT2D eigenvalue weighted by atomic mass is 9.94. The molecule has 4 nitrogen and oxygen atoms in total. The van der Waals surface area contributed by atoms with E-state index in [4.69, 9.17) is 4.74 Å². The first kappa shape index (κ1) is 21.0. The van der Waals surface area contributed by atoms with Crippen molar-refractivity contribution in [1.82, 2.24) is 4.90 Å². The van der Waals surface area contributed by atoms with E-state index >= 15 is 0 Å². The summed E-state index contributed by atoms with van der Waals surface area (Å²) in [5, 5.41) is 10.5. The highest BCUT2D eigenvalue weighted by Gasteiger charge is 2.27. The van der Waals surface area contributed by atoms with Gasteiger partial charge in [-0.3, -0.25) is 4.90 Å². The second kappa shape index (κ2) is 9.56. The van der Waals surface area contributed by atoms with E-state index in [0.717, 1.165) is 24.0 Å². The molecule has 2 aromatic rings. The van der Waals surface area contributed by atoms with Crippen molar-refractivity contribution >= 4 is 5.97 Å². The first-order valence-electron chi connectivity index (χ1n) is 9.57. The lowest BCUT2D eigenvalue weighted by Crippen LogP contribution is -2.40. The molecule has 0 amide bonds. The van der Waals surface area contributed by atoms with Crippen molar-refractivity contribution in [3.8, 4) is 5.75 Å². The molecule has 4 heteroatoms. The normalized spacial score (nSPS) is 12.6. The molecule has 0 aliphatic heterocycles. The molecule has 0 aliphatic carbocycles. The zero-order valence-corrected chi connectivity index (χ0v) is 17.0. The molecule has 1 atom stereocenters. The van der Waals surface area contributed by atoms with Gasteiger partial charge in [-0.25, -0.2) is 4.79 Å². The summed E-state index contributed by atoms with van der Waals surface area (Å²) in [5.41, 5.74) is 2.61. The van der Waals surface area contributed by atoms with E-state index in [9.17, 15) is 9.90 Å². The third-order valence-electron chi connectivity index (χ3n) is 4.90. The van der Waals surface area contributed by atoms with Crippen LogP contribution in [0.1, 0.15) is 61.6 Å². The summed E-state index contributed by atoms with van der Waals surface area (Å²) in [6.07, 6.45) is 1.65. The Morgan fingerprint density at radius 1 is 1.04 bits per heavy atom. The minimum Gasteiger partial charge on any atom is -0.508 e. The summed E-state index contributed by atoms with van der Waals surface area (Å²) in [7, 11) is 1.40. The Balaban J connectivity index is 2.30. The Morgan fingerprint density at radius 2 is 1.70 bits per heavy atom. The molecule has 0 heterocycles. The predicted octanol–water partition coefficient (Wildman–Crippen LogP) is 4.97. The molecule has 0 aromatic heterocycles. The van der Waals surface area contributed by atoms with Gasteiger partial charge >= 0.3 is 5.97 Å². The molecule has 2 aromatic carbocycles. The molecular weight excluding hydrogens is 338 g/mol. The molecule has 0 fully saturated rings. The van der Waals surface area contributed by atoms with Crippen LogP contribution in [0, 0.1) is 0 Å². The summed E-state index contributed by atoms with van der Waals surface area (Å²) in [4.78, 5) is 14.2. The largest absolute Gasteiger partial charge is 0.508 e. The Hall–Kier alpha value is -2.33. The van der Waals surface area contributed by atoms with E-state index in [2.05, 4.69) is 32.6 Å². The molecular formula is C23H31NO3. The number of esters is 1. The number of para-hydroxylation sites is 1. The van der Waals surface area contributed by atoms with Crippen molar-refractivity contribution in [3.63, 3.8) is 0 Å². The average Bonchev–Trinajstić information content (AvgIpc) is 2.64. The Bertz CT molecular complexity index is 747. The number of methoxy groups -OCH3 is 1. The lowest BCUT2D eigenvalue weighted by Gasteiger charge is -2.39. The number of aromatic hydroxyl groups is 1. The van der Waals surface area contributed by atoms with Crippen molar-refractivity contribution in [2.24, 2.45) is 0 Å². The summed E-state index contributed by atoms with van der Waals surface area (Å²) >= 11 is 0. The highest BCUT2D eigenvalue weighted by atomic mass is 16.5. The highest BCUT2D eigenvalue weighted by Crippen LogP contribution is 2.34. The van der Waals surface area contributed by atoms with Gasteiger partial charge in [0.05, 0.1) is 12.7 Å². The number of ether oxygens (including phenoxy) is 1. The number of phenolic OH excluding ortho intramolecular Hbond substituents is 1. The number of hydrogen-bond donors (Lipinski definition) is 1. The second-order valence-electron chi connectivity index (χ2n) is 7.44. The van der Waals surface area contributed by atoms with Gasteiger partial charge in [0.1, 0.15) is 5.75 Å². The molecule has 27 heavy (non-hydrogen) atoms. The van der Waals surface area contributed by atoms with Crippen LogP contribution in [0.4, 0.5) is 0 Å². The zero-order valence-electron chi connectivity index (χ0n) is 17.0. The van der Waals surface area contributed by atoms with Crippen LogP contribution in [0.15, 0.2) is 48.5 Å². The highest BCUT2D eigenvalue weighted by molar-refractivity contribution is 5.89. The number of carbonyl (C=O) groups is 1. The van der Waals surface area contributed by atoms with Gasteiger partial charge in [0.25, 0.3) is 0 Å². The fraction of sp³-hybridized carbons (Fsp3) is 0.435. The maximum atomic E-state index is 11.8. The van der Waals surface area contributed by atoms with Crippen LogP contribution in [0.25, 0.3) is 0 Å². The van der Waals surface area contributed by atoms with E-state index in [1.54, 1.807) is 12.1 Å². The van der Waals surface area contributed by atoms with E-state index in [1.807, 2.05) is 36.4 Å². The monoisotopic (exact) mass is 369 g/mol. The predicted molar refractivity (Wildman–Crippen MR) is 109 cm³/mol. The minimum absolute atomic E-state index is 0.0907. The molecule has 1 N–H and O–H groups in total. The molecule has 0 aliphatic rings. The maximum absolute atomic E-state index is 11.8. The van der Waals surface area contributed by atoms with Gasteiger partial charge < -0.3 is 9.84 Å². The minimum atomic E-state index is -0.319. The van der Waals surface area contributed by atoms with Crippen LogP contribution in [0.2, 0.25) is 0 Å². The van der Waals surface area contributed by atoms with Crippen LogP contribution in [0.5, 0.6) is 5.75 Å². The second-order valence-corrected chi connectivity index (χ2v) is 7.44. The van der Waals surface area contributed by atoms with Crippen LogP contribution >= 0.6 is 0 Å². The molecule has 146 valence electrons. The molecule has 0 spiro atoms. The average molecular weight is 370 g/mol. The van der Waals surface area contributed by atoms with Gasteiger partial charge in [0, 0.05) is 23.7 Å². The molecule has 2 rings (SSSR count). The van der Waals surface area contributed by atoms with Gasteiger partial charge in [-0.1, -0.05) is 30.3 Å². The summed E-state index contributed by atoms with van der Waals surface area (Å²) in [6, 6.07) is 15.9. The number of carbonyl (C=O) groups excluding carboxylic acids is 1. The molecule has 1 unspecified atom stereocenters. The van der Waals surface area contributed by atoms with Gasteiger partial charge in [0.15, 0.2) is 0 Å². The zero-order chi connectivity index (χ0) is 20.0. The van der Waals surface area contributed by atoms with Crippen LogP contribution < -0.4 is 0 Å². The number of benzene rings is 2. The van der Waals surface area contributed by atoms with Crippen molar-refractivity contribution in [1.29, 1.82) is 0 Å². The van der Waals surface area contributed by atoms with E-state index in [0.29, 0.717) is 23.4 Å². The first-order chi connectivity index (χ1) is 12.8. The summed E-state index contributed by atoms with van der Waals surface area (Å²) < 4.78 is 4.82. The van der Waals surface area contributed by atoms with Crippen molar-refractivity contribution in [3.05, 3.63) is 65.2 Å². The SMILES string of the molecule is COC(=O)c1cccc(CCC(c2ccccc2O)N(C(C)C)C(C)C)c1. The number of phenols is 1. The van der Waals surface area contributed by atoms with Gasteiger partial charge in [-0.15, -0.1) is 0 Å². The summed E-state index contributed by atoms with van der Waals surface area (Å²) in [6.45, 7) is 8.74. The smallest absolute Gasteiger partial charge is 0.337 e. The van der Waals surface area contributed by atoms with Crippen LogP contribution in [-0.4, -0.2) is 35.2 Å². The molecule has 0 bridgehead atoms. The van der Waals surface area contributed by atoms with E-state index < -0.39 is 0 Å². The fourth-order valence-corrected chi connectivity index (χ4v) is 3.83. The standard InChI is InChI=1S/C23H31NO3/c1-16(2)24(17(3)4)21(20-11-6-7-12-22(20)25)14-13-18-9-8-10-19(15-18)23(26)27-5/h6-12,15-17,21,25H,13-14H2,1-5H3. The Morgan fingerprint density at radius 3 is 2.30 bits per heavy atom. The van der Waals surface area contributed by atoms with Crippen molar-refractivity contribution < 1.29 is 14.6 Å². The van der Waals surface area contributed by atoms with Crippen LogP contribution in [-0.2, 0) is 11.2 Å². The van der Waals surface area contributed by atoms with Gasteiger partial charge in [0.2, 0.25) is 0 Å². The van der Waals surface area contributed by atoms with Gasteiger partial charge in [-0.2, -0.15) is 0 Å². The van der Waals surface area contributed by atoms with Crippen molar-refractivity contribution in [2.75, 3.05) is 7.11 Å².